The lowest BCUT2D eigenvalue weighted by molar-refractivity contribution is 0.0605. The highest BCUT2D eigenvalue weighted by Gasteiger charge is 2.44. The number of aromatic hydroxyl groups is 1. The second-order valence-electron chi connectivity index (χ2n) is 9.23. The van der Waals surface area contributed by atoms with E-state index in [-0.39, 0.29) is 23.7 Å². The number of aromatic nitrogens is 1. The monoisotopic (exact) mass is 436 g/mol. The average Bonchev–Trinajstić information content (AvgIpc) is 3.13. The van der Waals surface area contributed by atoms with Gasteiger partial charge < -0.3 is 25.2 Å². The van der Waals surface area contributed by atoms with Crippen LogP contribution >= 0.6 is 0 Å². The Hall–Kier alpha value is -3.06. The lowest BCUT2D eigenvalue weighted by atomic mass is 9.85. The molecule has 3 N–H and O–H groups in total. The zero-order chi connectivity index (χ0) is 22.6. The van der Waals surface area contributed by atoms with Gasteiger partial charge in [-0.3, -0.25) is 4.79 Å². The summed E-state index contributed by atoms with van der Waals surface area (Å²) in [5, 5.41) is 14.6. The van der Waals surface area contributed by atoms with Gasteiger partial charge in [0, 0.05) is 36.5 Å². The molecule has 2 atom stereocenters. The molecule has 3 heterocycles. The molecule has 6 nitrogen and oxygen atoms in total. The first-order valence-electron chi connectivity index (χ1n) is 11.3. The minimum absolute atomic E-state index is 0.123. The molecule has 168 valence electrons. The minimum Gasteiger partial charge on any atom is -0.508 e. The Morgan fingerprint density at radius 2 is 2.06 bits per heavy atom. The molecule has 0 bridgehead atoms. The van der Waals surface area contributed by atoms with E-state index in [1.807, 2.05) is 29.0 Å². The molecule has 3 aromatic rings. The van der Waals surface area contributed by atoms with Crippen LogP contribution in [-0.4, -0.2) is 47.1 Å². The maximum atomic E-state index is 14.0. The molecule has 0 radical (unpaired) electrons. The number of fused-ring (bicyclic) bond motifs is 6. The van der Waals surface area contributed by atoms with Crippen LogP contribution in [0.4, 0.5) is 10.1 Å². The predicted molar refractivity (Wildman–Crippen MR) is 124 cm³/mol. The Balaban J connectivity index is 1.60. The lowest BCUT2D eigenvalue weighted by Gasteiger charge is -2.48. The molecule has 0 spiro atoms. The maximum Gasteiger partial charge on any atom is 0.258 e. The van der Waals surface area contributed by atoms with Crippen molar-refractivity contribution in [3.63, 3.8) is 0 Å². The second kappa shape index (κ2) is 7.81. The van der Waals surface area contributed by atoms with Gasteiger partial charge in [-0.05, 0) is 61.3 Å². The number of amides is 1. The predicted octanol–water partition coefficient (Wildman–Crippen LogP) is 4.48. The van der Waals surface area contributed by atoms with Crippen molar-refractivity contribution in [3.8, 4) is 5.75 Å². The van der Waals surface area contributed by atoms with Crippen LogP contribution in [-0.2, 0) is 0 Å². The molecule has 2 aliphatic heterocycles. The molecule has 1 aromatic heterocycles. The van der Waals surface area contributed by atoms with Crippen LogP contribution in [0.3, 0.4) is 0 Å². The van der Waals surface area contributed by atoms with Gasteiger partial charge in [0.15, 0.2) is 0 Å². The number of benzene rings is 2. The van der Waals surface area contributed by atoms with E-state index >= 15 is 0 Å². The number of nitrogens with zero attached hydrogens (tertiary/aromatic N) is 2. The number of hydrogen-bond donors (Lipinski definition) is 3. The number of phenols is 1. The Morgan fingerprint density at radius 1 is 1.25 bits per heavy atom. The number of halogens is 1. The average molecular weight is 437 g/mol. The lowest BCUT2D eigenvalue weighted by Crippen LogP contribution is -2.52. The van der Waals surface area contributed by atoms with Gasteiger partial charge in [-0.1, -0.05) is 13.8 Å². The molecule has 2 aliphatic rings. The Labute approximate surface area is 187 Å². The van der Waals surface area contributed by atoms with Crippen LogP contribution in [0.25, 0.3) is 10.9 Å². The number of H-pyrrole nitrogens is 1. The molecule has 0 aliphatic carbocycles. The van der Waals surface area contributed by atoms with Crippen molar-refractivity contribution in [2.24, 2.45) is 0 Å². The first kappa shape index (κ1) is 20.8. The first-order valence-corrected chi connectivity index (χ1v) is 11.3. The van der Waals surface area contributed by atoms with Crippen molar-refractivity contribution in [2.75, 3.05) is 25.0 Å². The van der Waals surface area contributed by atoms with Gasteiger partial charge in [-0.15, -0.1) is 0 Å². The van der Waals surface area contributed by atoms with Gasteiger partial charge in [-0.2, -0.15) is 0 Å². The molecule has 1 amide bonds. The van der Waals surface area contributed by atoms with E-state index < -0.39 is 5.82 Å². The van der Waals surface area contributed by atoms with Gasteiger partial charge in [0.1, 0.15) is 17.7 Å². The zero-order valence-electron chi connectivity index (χ0n) is 18.7. The number of carbonyl (C=O) groups excluding carboxylic acids is 1. The van der Waals surface area contributed by atoms with Crippen LogP contribution < -0.4 is 10.2 Å². The van der Waals surface area contributed by atoms with E-state index in [0.29, 0.717) is 18.2 Å². The van der Waals surface area contributed by atoms with E-state index in [9.17, 15) is 14.3 Å². The van der Waals surface area contributed by atoms with E-state index in [1.165, 1.54) is 17.7 Å². The summed E-state index contributed by atoms with van der Waals surface area (Å²) in [4.78, 5) is 20.9. The summed E-state index contributed by atoms with van der Waals surface area (Å²) in [6.07, 6.45) is 1.59. The van der Waals surface area contributed by atoms with E-state index in [0.717, 1.165) is 41.7 Å². The van der Waals surface area contributed by atoms with Crippen molar-refractivity contribution in [2.45, 2.75) is 44.8 Å². The summed E-state index contributed by atoms with van der Waals surface area (Å²) in [6, 6.07) is 10.2. The zero-order valence-corrected chi connectivity index (χ0v) is 18.7. The molecule has 0 fully saturated rings. The van der Waals surface area contributed by atoms with Crippen LogP contribution in [0, 0.1) is 5.82 Å². The molecule has 2 unspecified atom stereocenters. The number of rotatable bonds is 5. The van der Waals surface area contributed by atoms with Crippen molar-refractivity contribution < 1.29 is 14.3 Å². The number of hydrogen-bond acceptors (Lipinski definition) is 4. The number of aromatic amines is 1. The van der Waals surface area contributed by atoms with Crippen LogP contribution in [0.5, 0.6) is 5.75 Å². The Morgan fingerprint density at radius 3 is 2.84 bits per heavy atom. The van der Waals surface area contributed by atoms with Gasteiger partial charge in [0.25, 0.3) is 5.91 Å². The largest absolute Gasteiger partial charge is 0.508 e. The maximum absolute atomic E-state index is 14.0. The SMILES string of the molecule is CC(C)NCCCC1CN2C(=O)c3cc(F)ccc3N(C)C2c2[nH]c3ccc(O)cc3c21. The second-order valence-corrected chi connectivity index (χ2v) is 9.23. The van der Waals surface area contributed by atoms with Crippen molar-refractivity contribution in [1.29, 1.82) is 0 Å². The Bertz CT molecular complexity index is 1190. The van der Waals surface area contributed by atoms with Gasteiger partial charge >= 0.3 is 0 Å². The van der Waals surface area contributed by atoms with Crippen molar-refractivity contribution in [3.05, 3.63) is 59.0 Å². The van der Waals surface area contributed by atoms with Crippen molar-refractivity contribution >= 4 is 22.5 Å². The van der Waals surface area contributed by atoms with Crippen LogP contribution in [0.1, 0.15) is 60.4 Å². The topological polar surface area (TPSA) is 71.6 Å². The molecule has 0 saturated carbocycles. The molecule has 5 rings (SSSR count). The molecule has 2 aromatic carbocycles. The van der Waals surface area contributed by atoms with Gasteiger partial charge in [0.05, 0.1) is 16.9 Å². The number of carbonyl (C=O) groups is 1. The first-order chi connectivity index (χ1) is 15.3. The molecular weight excluding hydrogens is 407 g/mol. The van der Waals surface area contributed by atoms with Crippen LogP contribution in [0.15, 0.2) is 36.4 Å². The summed E-state index contributed by atoms with van der Waals surface area (Å²) in [5.74, 6) is -0.187. The summed E-state index contributed by atoms with van der Waals surface area (Å²) in [6.45, 7) is 5.72. The Kier molecular flexibility index (Phi) is 5.08. The van der Waals surface area contributed by atoms with Gasteiger partial charge in [0.2, 0.25) is 0 Å². The highest BCUT2D eigenvalue weighted by Crippen LogP contribution is 2.48. The summed E-state index contributed by atoms with van der Waals surface area (Å²) in [7, 11) is 1.94. The quantitative estimate of drug-likeness (QED) is 0.516. The molecule has 7 heteroatoms. The van der Waals surface area contributed by atoms with E-state index in [2.05, 4.69) is 24.1 Å². The van der Waals surface area contributed by atoms with Gasteiger partial charge in [-0.25, -0.2) is 4.39 Å². The highest BCUT2D eigenvalue weighted by atomic mass is 19.1. The molecule has 0 saturated heterocycles. The molecular formula is C25H29FN4O2. The van der Waals surface area contributed by atoms with Crippen LogP contribution in [0.2, 0.25) is 0 Å². The fourth-order valence-corrected chi connectivity index (χ4v) is 5.29. The molecule has 32 heavy (non-hydrogen) atoms. The minimum atomic E-state index is -0.404. The third-order valence-electron chi connectivity index (χ3n) is 6.71. The summed E-state index contributed by atoms with van der Waals surface area (Å²) < 4.78 is 14.0. The van der Waals surface area contributed by atoms with Crippen molar-refractivity contribution in [1.82, 2.24) is 15.2 Å². The fourth-order valence-electron chi connectivity index (χ4n) is 5.29. The van der Waals surface area contributed by atoms with E-state index in [4.69, 9.17) is 0 Å². The number of anilines is 1. The summed E-state index contributed by atoms with van der Waals surface area (Å²) >= 11 is 0. The summed E-state index contributed by atoms with van der Waals surface area (Å²) in [5.41, 5.74) is 4.23. The number of phenolic OH excluding ortho intramolecular Hbond substituents is 1. The third-order valence-corrected chi connectivity index (χ3v) is 6.71. The van der Waals surface area contributed by atoms with E-state index in [1.54, 1.807) is 12.1 Å². The highest BCUT2D eigenvalue weighted by molar-refractivity contribution is 6.02. The normalized spacial score (nSPS) is 20.0. The number of nitrogens with one attached hydrogen (secondary N) is 2. The standard InChI is InChI=1S/C25H29FN4O2/c1-14(2)27-10-4-5-15-13-30-24(23-22(15)18-12-17(31)7-8-20(18)28-23)29(3)21-9-6-16(26)11-19(21)25(30)32/h6-9,11-12,14-15,24,27-28,31H,4-5,10,13H2,1-3H3. The third kappa shape index (κ3) is 3.32. The fraction of sp³-hybridized carbons (Fsp3) is 0.400. The smallest absolute Gasteiger partial charge is 0.258 e.